The van der Waals surface area contributed by atoms with Crippen LogP contribution in [-0.2, 0) is 0 Å². The zero-order chi connectivity index (χ0) is 21.8. The first kappa shape index (κ1) is 17.8. The molecule has 6 heterocycles. The molecule has 6 aromatic rings. The van der Waals surface area contributed by atoms with Crippen LogP contribution in [0.2, 0.25) is 0 Å². The SMILES string of the molecule is C1=CC(n2c3ccncc3c3cnccc32)=CC=CC=1n1c2ccncc2c2cnccc21. The average molecular weight is 424 g/mol. The highest BCUT2D eigenvalue weighted by Crippen LogP contribution is 2.33. The molecule has 6 aromatic heterocycles. The van der Waals surface area contributed by atoms with E-state index in [1.165, 1.54) is 0 Å². The first-order chi connectivity index (χ1) is 16.4. The maximum Gasteiger partial charge on any atom is 0.0891 e. The maximum atomic E-state index is 4.33. The van der Waals surface area contributed by atoms with Gasteiger partial charge in [-0.1, -0.05) is 11.8 Å². The predicted molar refractivity (Wildman–Crippen MR) is 131 cm³/mol. The molecule has 0 bridgehead atoms. The summed E-state index contributed by atoms with van der Waals surface area (Å²) in [6, 6.07) is 8.14. The molecule has 33 heavy (non-hydrogen) atoms. The van der Waals surface area contributed by atoms with Crippen LogP contribution in [-0.4, -0.2) is 29.1 Å². The van der Waals surface area contributed by atoms with Crippen LogP contribution in [0.15, 0.2) is 104 Å². The Hall–Kier alpha value is -4.80. The first-order valence-electron chi connectivity index (χ1n) is 10.6. The van der Waals surface area contributed by atoms with Gasteiger partial charge in [0, 0.05) is 77.2 Å². The molecule has 6 heteroatoms. The minimum atomic E-state index is 0.947. The van der Waals surface area contributed by atoms with Crippen LogP contribution >= 0.6 is 0 Å². The summed E-state index contributed by atoms with van der Waals surface area (Å²) in [7, 11) is 0. The fourth-order valence-corrected chi connectivity index (χ4v) is 4.72. The number of aromatic nitrogens is 6. The number of hydrogen-bond acceptors (Lipinski definition) is 4. The molecule has 0 spiro atoms. The molecule has 1 aliphatic rings. The molecular formula is C27H16N6. The third kappa shape index (κ3) is 2.56. The van der Waals surface area contributed by atoms with Gasteiger partial charge in [0.25, 0.3) is 0 Å². The van der Waals surface area contributed by atoms with E-state index in [-0.39, 0.29) is 0 Å². The van der Waals surface area contributed by atoms with Gasteiger partial charge in [-0.05, 0) is 36.4 Å². The van der Waals surface area contributed by atoms with E-state index >= 15 is 0 Å². The van der Waals surface area contributed by atoms with Crippen molar-refractivity contribution in [2.75, 3.05) is 0 Å². The Balaban J connectivity index is 1.49. The fourth-order valence-electron chi connectivity index (χ4n) is 4.72. The molecule has 6 nitrogen and oxygen atoms in total. The highest BCUT2D eigenvalue weighted by Gasteiger charge is 2.15. The Morgan fingerprint density at radius 1 is 0.576 bits per heavy atom. The van der Waals surface area contributed by atoms with E-state index in [0.717, 1.165) is 55.0 Å². The van der Waals surface area contributed by atoms with Gasteiger partial charge in [-0.3, -0.25) is 19.9 Å². The molecule has 0 radical (unpaired) electrons. The van der Waals surface area contributed by atoms with Gasteiger partial charge in [-0.2, -0.15) is 0 Å². The quantitative estimate of drug-likeness (QED) is 0.340. The van der Waals surface area contributed by atoms with Crippen molar-refractivity contribution in [2.45, 2.75) is 0 Å². The Labute approximate surface area is 188 Å². The fraction of sp³-hybridized carbons (Fsp3) is 0. The van der Waals surface area contributed by atoms with Crippen molar-refractivity contribution < 1.29 is 0 Å². The van der Waals surface area contributed by atoms with E-state index in [1.807, 2.05) is 79.9 Å². The summed E-state index contributed by atoms with van der Waals surface area (Å²) in [6.45, 7) is 0. The lowest BCUT2D eigenvalue weighted by Gasteiger charge is -2.07. The number of allylic oxidation sites excluding steroid dienone is 5. The lowest BCUT2D eigenvalue weighted by atomic mass is 10.2. The molecule has 0 aromatic carbocycles. The Morgan fingerprint density at radius 2 is 1.03 bits per heavy atom. The monoisotopic (exact) mass is 424 g/mol. The second kappa shape index (κ2) is 6.85. The van der Waals surface area contributed by atoms with Gasteiger partial charge in [-0.15, -0.1) is 0 Å². The van der Waals surface area contributed by atoms with Crippen LogP contribution in [0.3, 0.4) is 0 Å². The number of rotatable bonds is 2. The number of pyridine rings is 4. The van der Waals surface area contributed by atoms with Crippen LogP contribution in [0.25, 0.3) is 55.0 Å². The largest absolute Gasteiger partial charge is 0.308 e. The number of fused-ring (bicyclic) bond motifs is 6. The van der Waals surface area contributed by atoms with Gasteiger partial charge in [0.15, 0.2) is 0 Å². The molecule has 0 unspecified atom stereocenters. The molecule has 0 amide bonds. The molecular weight excluding hydrogens is 408 g/mol. The lowest BCUT2D eigenvalue weighted by molar-refractivity contribution is 1.22. The lowest BCUT2D eigenvalue weighted by Crippen LogP contribution is -1.94. The number of nitrogens with zero attached hydrogens (tertiary/aromatic N) is 6. The summed E-state index contributed by atoms with van der Waals surface area (Å²) in [4.78, 5) is 17.3. The molecule has 0 saturated carbocycles. The maximum absolute atomic E-state index is 4.33. The molecule has 7 rings (SSSR count). The molecule has 1 aliphatic carbocycles. The highest BCUT2D eigenvalue weighted by atomic mass is 15.0. The van der Waals surface area contributed by atoms with E-state index in [2.05, 4.69) is 53.0 Å². The summed E-state index contributed by atoms with van der Waals surface area (Å²) in [5.41, 5.74) is 9.83. The van der Waals surface area contributed by atoms with Crippen LogP contribution in [0.4, 0.5) is 0 Å². The zero-order valence-electron chi connectivity index (χ0n) is 17.4. The Kier molecular flexibility index (Phi) is 3.70. The van der Waals surface area contributed by atoms with Crippen molar-refractivity contribution in [3.8, 4) is 0 Å². The van der Waals surface area contributed by atoms with E-state index in [4.69, 9.17) is 0 Å². The molecule has 0 fully saturated rings. The predicted octanol–water partition coefficient (Wildman–Crippen LogP) is 5.59. The van der Waals surface area contributed by atoms with Gasteiger partial charge in [0.05, 0.1) is 33.5 Å². The normalized spacial score (nSPS) is 13.7. The van der Waals surface area contributed by atoms with Crippen LogP contribution in [0.5, 0.6) is 0 Å². The summed E-state index contributed by atoms with van der Waals surface area (Å²) >= 11 is 0. The second-order valence-corrected chi connectivity index (χ2v) is 7.87. The molecule has 0 N–H and O–H groups in total. The van der Waals surface area contributed by atoms with Crippen molar-refractivity contribution in [1.82, 2.24) is 29.1 Å². The topological polar surface area (TPSA) is 61.4 Å². The van der Waals surface area contributed by atoms with E-state index in [1.54, 1.807) is 0 Å². The van der Waals surface area contributed by atoms with Gasteiger partial charge in [0.2, 0.25) is 0 Å². The van der Waals surface area contributed by atoms with Crippen molar-refractivity contribution >= 4 is 55.0 Å². The first-order valence-corrected chi connectivity index (χ1v) is 10.6. The van der Waals surface area contributed by atoms with Gasteiger partial charge >= 0.3 is 0 Å². The van der Waals surface area contributed by atoms with Crippen LogP contribution in [0, 0.1) is 0 Å². The minimum Gasteiger partial charge on any atom is -0.308 e. The molecule has 0 atom stereocenters. The van der Waals surface area contributed by atoms with E-state index < -0.39 is 0 Å². The smallest absolute Gasteiger partial charge is 0.0891 e. The summed E-state index contributed by atoms with van der Waals surface area (Å²) in [5, 5.41) is 4.30. The number of hydrogen-bond donors (Lipinski definition) is 0. The molecule has 0 aliphatic heterocycles. The highest BCUT2D eigenvalue weighted by molar-refractivity contribution is 6.11. The van der Waals surface area contributed by atoms with Gasteiger partial charge in [0.1, 0.15) is 0 Å². The van der Waals surface area contributed by atoms with Gasteiger partial charge < -0.3 is 9.13 Å². The molecule has 0 saturated heterocycles. The van der Waals surface area contributed by atoms with E-state index in [0.29, 0.717) is 0 Å². The standard InChI is InChI=1S/C27H16N6/c1-2-18(32-24-6-10-28-14-20(24)21-15-29-11-7-25(21)32)4-5-19(3-1)33-26-8-12-30-16-22(26)23-17-31-13-9-27(23)33/h1-4,6-17H. The third-order valence-corrected chi connectivity index (χ3v) is 6.12. The zero-order valence-corrected chi connectivity index (χ0v) is 17.4. The van der Waals surface area contributed by atoms with Crippen molar-refractivity contribution in [1.29, 1.82) is 0 Å². The molecule has 154 valence electrons. The van der Waals surface area contributed by atoms with E-state index in [9.17, 15) is 0 Å². The van der Waals surface area contributed by atoms with Crippen molar-refractivity contribution in [3.63, 3.8) is 0 Å². The third-order valence-electron chi connectivity index (χ3n) is 6.12. The summed E-state index contributed by atoms with van der Waals surface area (Å²) in [5.74, 6) is 0. The Bertz CT molecular complexity index is 1750. The van der Waals surface area contributed by atoms with Crippen LogP contribution < -0.4 is 0 Å². The summed E-state index contributed by atoms with van der Waals surface area (Å²) in [6.07, 6.45) is 23.2. The Morgan fingerprint density at radius 3 is 1.52 bits per heavy atom. The second-order valence-electron chi connectivity index (χ2n) is 7.87. The summed E-state index contributed by atoms with van der Waals surface area (Å²) < 4.78 is 4.44. The van der Waals surface area contributed by atoms with Gasteiger partial charge in [-0.25, -0.2) is 0 Å². The average Bonchev–Trinajstić information content (AvgIpc) is 3.27. The van der Waals surface area contributed by atoms with Crippen LogP contribution in [0.1, 0.15) is 0 Å². The van der Waals surface area contributed by atoms with Crippen molar-refractivity contribution in [2.24, 2.45) is 0 Å². The van der Waals surface area contributed by atoms with Crippen molar-refractivity contribution in [3.05, 3.63) is 104 Å². The minimum absolute atomic E-state index is 0.947.